The van der Waals surface area contributed by atoms with Gasteiger partial charge < -0.3 is 10.2 Å². The van der Waals surface area contributed by atoms with Crippen molar-refractivity contribution in [1.29, 1.82) is 0 Å². The molecule has 16 heavy (non-hydrogen) atoms. The molecular formula is C12H20N4. The van der Waals surface area contributed by atoms with Crippen LogP contribution in [0.1, 0.15) is 31.9 Å². The first-order valence-corrected chi connectivity index (χ1v) is 6.37. The van der Waals surface area contributed by atoms with E-state index in [4.69, 9.17) is 0 Å². The number of nitrogens with zero attached hydrogens (tertiary/aromatic N) is 3. The summed E-state index contributed by atoms with van der Waals surface area (Å²) >= 11 is 0. The number of hydrogen-bond acceptors (Lipinski definition) is 3. The molecule has 1 saturated carbocycles. The summed E-state index contributed by atoms with van der Waals surface area (Å²) in [6.07, 6.45) is 4.95. The number of rotatable bonds is 2. The van der Waals surface area contributed by atoms with Crippen LogP contribution in [0.4, 0.5) is 11.5 Å². The zero-order valence-electron chi connectivity index (χ0n) is 10.2. The third-order valence-electron chi connectivity index (χ3n) is 3.56. The van der Waals surface area contributed by atoms with Crippen LogP contribution in [0.2, 0.25) is 0 Å². The second-order valence-electron chi connectivity index (χ2n) is 4.83. The molecule has 0 aromatic carbocycles. The quantitative estimate of drug-likeness (QED) is 0.824. The van der Waals surface area contributed by atoms with Crippen LogP contribution in [0.3, 0.4) is 0 Å². The van der Waals surface area contributed by atoms with Gasteiger partial charge in [-0.25, -0.2) is 0 Å². The highest BCUT2D eigenvalue weighted by Crippen LogP contribution is 2.38. The summed E-state index contributed by atoms with van der Waals surface area (Å²) in [5.74, 6) is 1.32. The van der Waals surface area contributed by atoms with Crippen molar-refractivity contribution in [2.75, 3.05) is 23.3 Å². The van der Waals surface area contributed by atoms with Gasteiger partial charge >= 0.3 is 0 Å². The van der Waals surface area contributed by atoms with Gasteiger partial charge in [-0.15, -0.1) is 0 Å². The largest absolute Gasteiger partial charge is 0.380 e. The van der Waals surface area contributed by atoms with Crippen molar-refractivity contribution in [3.05, 3.63) is 5.69 Å². The van der Waals surface area contributed by atoms with Crippen molar-refractivity contribution >= 4 is 11.5 Å². The maximum Gasteiger partial charge on any atom is 0.150 e. The Hall–Kier alpha value is -1.19. The van der Waals surface area contributed by atoms with Crippen LogP contribution in [0, 0.1) is 0 Å². The van der Waals surface area contributed by atoms with Crippen LogP contribution in [-0.4, -0.2) is 28.9 Å². The number of hydrogen-bond donors (Lipinski definition) is 1. The fourth-order valence-electron chi connectivity index (χ4n) is 2.64. The van der Waals surface area contributed by atoms with E-state index in [2.05, 4.69) is 34.0 Å². The smallest absolute Gasteiger partial charge is 0.150 e. The SMILES string of the molecule is CCc1nn(C)c2c1NCCCN2C1CC1. The van der Waals surface area contributed by atoms with Crippen LogP contribution < -0.4 is 10.2 Å². The maximum atomic E-state index is 4.63. The molecule has 3 rings (SSSR count). The topological polar surface area (TPSA) is 33.1 Å². The molecule has 1 aromatic rings. The van der Waals surface area contributed by atoms with Crippen molar-refractivity contribution < 1.29 is 0 Å². The molecule has 2 aliphatic rings. The van der Waals surface area contributed by atoms with E-state index < -0.39 is 0 Å². The van der Waals surface area contributed by atoms with Crippen LogP contribution in [0.25, 0.3) is 0 Å². The monoisotopic (exact) mass is 220 g/mol. The molecule has 0 radical (unpaired) electrons. The van der Waals surface area contributed by atoms with Gasteiger partial charge in [0.15, 0.2) is 5.82 Å². The second kappa shape index (κ2) is 3.68. The van der Waals surface area contributed by atoms with E-state index in [9.17, 15) is 0 Å². The predicted octanol–water partition coefficient (Wildman–Crippen LogP) is 1.77. The highest BCUT2D eigenvalue weighted by atomic mass is 15.4. The van der Waals surface area contributed by atoms with Crippen molar-refractivity contribution in [3.63, 3.8) is 0 Å². The first kappa shape index (κ1) is 10.00. The number of aryl methyl sites for hydroxylation is 2. The van der Waals surface area contributed by atoms with Crippen LogP contribution in [0.15, 0.2) is 0 Å². The highest BCUT2D eigenvalue weighted by molar-refractivity contribution is 5.71. The zero-order chi connectivity index (χ0) is 11.1. The van der Waals surface area contributed by atoms with E-state index in [0.717, 1.165) is 19.0 Å². The third kappa shape index (κ3) is 1.47. The Labute approximate surface area is 96.6 Å². The Morgan fingerprint density at radius 3 is 2.94 bits per heavy atom. The standard InChI is InChI=1S/C12H20N4/c1-3-10-11-12(15(2)14-10)16(9-5-6-9)8-4-7-13-11/h9,13H,3-8H2,1-2H3. The first-order valence-electron chi connectivity index (χ1n) is 6.37. The molecule has 0 bridgehead atoms. The molecule has 0 atom stereocenters. The Morgan fingerprint density at radius 2 is 2.25 bits per heavy atom. The van der Waals surface area contributed by atoms with Gasteiger partial charge in [-0.1, -0.05) is 6.92 Å². The fraction of sp³-hybridized carbons (Fsp3) is 0.750. The van der Waals surface area contributed by atoms with Crippen LogP contribution >= 0.6 is 0 Å². The van der Waals surface area contributed by atoms with Gasteiger partial charge in [-0.05, 0) is 25.7 Å². The Morgan fingerprint density at radius 1 is 1.44 bits per heavy atom. The van der Waals surface area contributed by atoms with Crippen molar-refractivity contribution in [3.8, 4) is 0 Å². The highest BCUT2D eigenvalue weighted by Gasteiger charge is 2.34. The number of fused-ring (bicyclic) bond motifs is 1. The lowest BCUT2D eigenvalue weighted by Crippen LogP contribution is -2.28. The van der Waals surface area contributed by atoms with E-state index in [0.29, 0.717) is 0 Å². The molecule has 1 N–H and O–H groups in total. The van der Waals surface area contributed by atoms with Gasteiger partial charge in [0.2, 0.25) is 0 Å². The van der Waals surface area contributed by atoms with Gasteiger partial charge in [0.25, 0.3) is 0 Å². The Kier molecular flexibility index (Phi) is 2.30. The molecule has 1 aliphatic carbocycles. The zero-order valence-corrected chi connectivity index (χ0v) is 10.2. The van der Waals surface area contributed by atoms with Crippen molar-refractivity contribution in [1.82, 2.24) is 9.78 Å². The lowest BCUT2D eigenvalue weighted by atomic mass is 10.3. The van der Waals surface area contributed by atoms with E-state index in [1.54, 1.807) is 0 Å². The molecule has 1 aromatic heterocycles. The normalized spacial score (nSPS) is 20.2. The molecule has 0 unspecified atom stereocenters. The maximum absolute atomic E-state index is 4.63. The van der Waals surface area contributed by atoms with E-state index >= 15 is 0 Å². The summed E-state index contributed by atoms with van der Waals surface area (Å²) in [6, 6.07) is 0.777. The third-order valence-corrected chi connectivity index (χ3v) is 3.56. The summed E-state index contributed by atoms with van der Waals surface area (Å²) in [5.41, 5.74) is 2.50. The fourth-order valence-corrected chi connectivity index (χ4v) is 2.64. The van der Waals surface area contributed by atoms with Gasteiger partial charge in [0.1, 0.15) is 5.69 Å². The molecule has 1 fully saturated rings. The van der Waals surface area contributed by atoms with Gasteiger partial charge in [-0.3, -0.25) is 4.68 Å². The second-order valence-corrected chi connectivity index (χ2v) is 4.83. The summed E-state index contributed by atoms with van der Waals surface area (Å²) in [7, 11) is 2.07. The molecule has 0 spiro atoms. The van der Waals surface area contributed by atoms with Crippen molar-refractivity contribution in [2.24, 2.45) is 7.05 Å². The molecule has 0 saturated heterocycles. The average molecular weight is 220 g/mol. The summed E-state index contributed by atoms with van der Waals surface area (Å²) < 4.78 is 2.06. The number of aromatic nitrogens is 2. The molecule has 4 heteroatoms. The lowest BCUT2D eigenvalue weighted by molar-refractivity contribution is 0.680. The number of anilines is 2. The Balaban J connectivity index is 2.05. The molecule has 2 heterocycles. The minimum absolute atomic E-state index is 0.777. The van der Waals surface area contributed by atoms with Crippen molar-refractivity contribution in [2.45, 2.75) is 38.6 Å². The molecule has 0 amide bonds. The predicted molar refractivity (Wildman–Crippen MR) is 66.1 cm³/mol. The minimum atomic E-state index is 0.777. The van der Waals surface area contributed by atoms with Gasteiger partial charge in [-0.2, -0.15) is 5.10 Å². The summed E-state index contributed by atoms with van der Waals surface area (Å²) in [4.78, 5) is 2.56. The lowest BCUT2D eigenvalue weighted by Gasteiger charge is -2.23. The van der Waals surface area contributed by atoms with E-state index in [1.165, 1.54) is 43.0 Å². The van der Waals surface area contributed by atoms with Gasteiger partial charge in [0, 0.05) is 26.2 Å². The van der Waals surface area contributed by atoms with E-state index in [-0.39, 0.29) is 0 Å². The first-order chi connectivity index (χ1) is 7.81. The molecule has 1 aliphatic heterocycles. The van der Waals surface area contributed by atoms with Gasteiger partial charge in [0.05, 0.1) is 5.69 Å². The number of nitrogens with one attached hydrogen (secondary N) is 1. The summed E-state index contributed by atoms with van der Waals surface area (Å²) in [6.45, 7) is 4.43. The van der Waals surface area contributed by atoms with Crippen LogP contribution in [0.5, 0.6) is 0 Å². The summed E-state index contributed by atoms with van der Waals surface area (Å²) in [5, 5.41) is 8.18. The van der Waals surface area contributed by atoms with Crippen LogP contribution in [-0.2, 0) is 13.5 Å². The molecule has 4 nitrogen and oxygen atoms in total. The molecule has 88 valence electrons. The minimum Gasteiger partial charge on any atom is -0.380 e. The molecular weight excluding hydrogens is 200 g/mol. The van der Waals surface area contributed by atoms with E-state index in [1.807, 2.05) is 0 Å². The average Bonchev–Trinajstić information content (AvgIpc) is 3.07. The Bertz CT molecular complexity index is 392.